The van der Waals surface area contributed by atoms with Gasteiger partial charge in [-0.1, -0.05) is 0 Å². The van der Waals surface area contributed by atoms with Gasteiger partial charge in [0.1, 0.15) is 5.82 Å². The maximum absolute atomic E-state index is 12.0. The van der Waals surface area contributed by atoms with Crippen LogP contribution in [0.5, 0.6) is 0 Å². The lowest BCUT2D eigenvalue weighted by molar-refractivity contribution is 0.411. The number of nitrogens with one attached hydrogen (secondary N) is 2. The van der Waals surface area contributed by atoms with Crippen LogP contribution in [0.25, 0.3) is 21.8 Å². The van der Waals surface area contributed by atoms with Gasteiger partial charge in [-0.3, -0.25) is 5.10 Å². The van der Waals surface area contributed by atoms with Crippen LogP contribution in [0.2, 0.25) is 0 Å². The third-order valence-corrected chi connectivity index (χ3v) is 6.15. The summed E-state index contributed by atoms with van der Waals surface area (Å²) in [7, 11) is -3.61. The van der Waals surface area contributed by atoms with Gasteiger partial charge in [-0.15, -0.1) is 0 Å². The SMILES string of the molecule is CC1CCC(NS(=O)(=O)CC#N)CN1c1[nH]ncc2cnc3nccc3c12. The lowest BCUT2D eigenvalue weighted by atomic mass is 9.99. The normalized spacial score (nSPS) is 20.8. The molecule has 140 valence electrons. The fourth-order valence-electron chi connectivity index (χ4n) is 3.66. The Kier molecular flexibility index (Phi) is 4.41. The minimum absolute atomic E-state index is 0.205. The molecule has 1 aliphatic rings. The van der Waals surface area contributed by atoms with Crippen molar-refractivity contribution in [2.24, 2.45) is 0 Å². The van der Waals surface area contributed by atoms with Crippen molar-refractivity contribution in [3.63, 3.8) is 0 Å². The Balaban J connectivity index is 1.73. The summed E-state index contributed by atoms with van der Waals surface area (Å²) in [5.74, 6) is 0.288. The highest BCUT2D eigenvalue weighted by molar-refractivity contribution is 7.89. The number of aromatic nitrogens is 4. The summed E-state index contributed by atoms with van der Waals surface area (Å²) in [4.78, 5) is 10.8. The molecule has 0 bridgehead atoms. The quantitative estimate of drug-likeness (QED) is 0.693. The number of nitriles is 1. The third-order valence-electron chi connectivity index (χ3n) is 4.94. The van der Waals surface area contributed by atoms with E-state index in [9.17, 15) is 8.42 Å². The molecule has 27 heavy (non-hydrogen) atoms. The molecule has 9 nitrogen and oxygen atoms in total. The zero-order chi connectivity index (χ0) is 19.0. The van der Waals surface area contributed by atoms with E-state index in [-0.39, 0.29) is 12.1 Å². The molecule has 0 spiro atoms. The van der Waals surface area contributed by atoms with Crippen LogP contribution >= 0.6 is 0 Å². The maximum atomic E-state index is 12.0. The van der Waals surface area contributed by atoms with Gasteiger partial charge in [0.15, 0.2) is 11.4 Å². The van der Waals surface area contributed by atoms with Crippen molar-refractivity contribution in [2.45, 2.75) is 31.8 Å². The smallest absolute Gasteiger partial charge is 0.225 e. The number of rotatable bonds is 4. The van der Waals surface area contributed by atoms with Gasteiger partial charge < -0.3 is 4.90 Å². The summed E-state index contributed by atoms with van der Waals surface area (Å²) >= 11 is 0. The van der Waals surface area contributed by atoms with E-state index in [0.29, 0.717) is 12.2 Å². The first kappa shape index (κ1) is 17.6. The zero-order valence-corrected chi connectivity index (χ0v) is 15.6. The molecule has 4 heterocycles. The van der Waals surface area contributed by atoms with E-state index < -0.39 is 15.8 Å². The van der Waals surface area contributed by atoms with Crippen LogP contribution in [0.15, 0.2) is 24.7 Å². The zero-order valence-electron chi connectivity index (χ0n) is 14.8. The number of H-pyrrole nitrogens is 1. The van der Waals surface area contributed by atoms with Gasteiger partial charge >= 0.3 is 0 Å². The van der Waals surface area contributed by atoms with Crippen LogP contribution in [0.4, 0.5) is 5.82 Å². The highest BCUT2D eigenvalue weighted by Gasteiger charge is 2.30. The molecule has 1 saturated heterocycles. The van der Waals surface area contributed by atoms with Gasteiger partial charge in [0.05, 0.1) is 12.3 Å². The first-order valence-corrected chi connectivity index (χ1v) is 10.3. The lowest BCUT2D eigenvalue weighted by Crippen LogP contribution is -2.51. The van der Waals surface area contributed by atoms with Crippen LogP contribution in [0.1, 0.15) is 19.8 Å². The Labute approximate surface area is 156 Å². The van der Waals surface area contributed by atoms with E-state index in [2.05, 4.69) is 36.7 Å². The summed E-state index contributed by atoms with van der Waals surface area (Å²) in [6.45, 7) is 2.59. The fourth-order valence-corrected chi connectivity index (χ4v) is 4.61. The number of hydrogen-bond acceptors (Lipinski definition) is 7. The van der Waals surface area contributed by atoms with Crippen molar-refractivity contribution in [1.82, 2.24) is 24.9 Å². The van der Waals surface area contributed by atoms with Gasteiger partial charge in [0.25, 0.3) is 0 Å². The van der Waals surface area contributed by atoms with Crippen LogP contribution in [0, 0.1) is 11.3 Å². The van der Waals surface area contributed by atoms with Crippen LogP contribution in [0.3, 0.4) is 0 Å². The lowest BCUT2D eigenvalue weighted by Gasteiger charge is -2.39. The van der Waals surface area contributed by atoms with Gasteiger partial charge in [0, 0.05) is 47.2 Å². The summed E-state index contributed by atoms with van der Waals surface area (Å²) in [6, 6.07) is 3.56. The topological polar surface area (TPSA) is 128 Å². The summed E-state index contributed by atoms with van der Waals surface area (Å²) in [6.07, 6.45) is 6.73. The van der Waals surface area contributed by atoms with Gasteiger partial charge in [-0.2, -0.15) is 10.4 Å². The molecule has 2 atom stereocenters. The second kappa shape index (κ2) is 6.75. The number of aromatic amines is 1. The van der Waals surface area contributed by atoms with Gasteiger partial charge in [0.2, 0.25) is 10.0 Å². The molecule has 0 radical (unpaired) electrons. The number of nitrogens with zero attached hydrogens (tertiary/aromatic N) is 5. The number of fused-ring (bicyclic) bond motifs is 3. The predicted octanol–water partition coefficient (Wildman–Crippen LogP) is 1.31. The first-order chi connectivity index (χ1) is 13.0. The average Bonchev–Trinajstić information content (AvgIpc) is 3.11. The molecule has 1 fully saturated rings. The summed E-state index contributed by atoms with van der Waals surface area (Å²) in [5.41, 5.74) is 0.666. The molecule has 10 heteroatoms. The Morgan fingerprint density at radius 1 is 1.37 bits per heavy atom. The third kappa shape index (κ3) is 3.31. The van der Waals surface area contributed by atoms with E-state index >= 15 is 0 Å². The van der Waals surface area contributed by atoms with E-state index in [1.54, 1.807) is 24.7 Å². The van der Waals surface area contributed by atoms with Crippen LogP contribution in [-0.2, 0) is 10.0 Å². The Hall–Kier alpha value is -2.77. The molecule has 0 amide bonds. The monoisotopic (exact) mass is 385 g/mol. The number of anilines is 1. The van der Waals surface area contributed by atoms with Gasteiger partial charge in [-0.25, -0.2) is 23.1 Å². The van der Waals surface area contributed by atoms with Gasteiger partial charge in [-0.05, 0) is 25.8 Å². The van der Waals surface area contributed by atoms with Crippen molar-refractivity contribution >= 4 is 37.6 Å². The number of pyridine rings is 1. The van der Waals surface area contributed by atoms with E-state index in [1.165, 1.54) is 0 Å². The second-order valence-corrected chi connectivity index (χ2v) is 8.55. The predicted molar refractivity (Wildman–Crippen MR) is 102 cm³/mol. The maximum Gasteiger partial charge on any atom is 0.225 e. The molecule has 2 N–H and O–H groups in total. The Bertz CT molecular complexity index is 1140. The number of hydrogen-bond donors (Lipinski definition) is 2. The largest absolute Gasteiger partial charge is 0.352 e. The highest BCUT2D eigenvalue weighted by atomic mass is 32.2. The molecule has 4 rings (SSSR count). The number of piperidine rings is 1. The molecule has 3 aromatic heterocycles. The number of sulfonamides is 1. The molecule has 0 aromatic carbocycles. The van der Waals surface area contributed by atoms with E-state index in [1.807, 2.05) is 6.07 Å². The molecule has 0 aliphatic carbocycles. The molecule has 0 saturated carbocycles. The van der Waals surface area contributed by atoms with Crippen molar-refractivity contribution in [3.8, 4) is 6.07 Å². The Morgan fingerprint density at radius 3 is 3.04 bits per heavy atom. The van der Waals surface area contributed by atoms with Crippen molar-refractivity contribution in [1.29, 1.82) is 5.26 Å². The fraction of sp³-hybridized carbons (Fsp3) is 0.412. The first-order valence-electron chi connectivity index (χ1n) is 8.69. The summed E-state index contributed by atoms with van der Waals surface area (Å²) < 4.78 is 26.6. The minimum atomic E-state index is -3.61. The molecule has 1 aliphatic heterocycles. The second-order valence-electron chi connectivity index (χ2n) is 6.80. The molecule has 2 unspecified atom stereocenters. The van der Waals surface area contributed by atoms with Crippen LogP contribution in [-0.4, -0.2) is 53.0 Å². The van der Waals surface area contributed by atoms with E-state index in [0.717, 1.165) is 34.8 Å². The van der Waals surface area contributed by atoms with Crippen molar-refractivity contribution in [2.75, 3.05) is 17.2 Å². The van der Waals surface area contributed by atoms with Crippen LogP contribution < -0.4 is 9.62 Å². The Morgan fingerprint density at radius 2 is 2.22 bits per heavy atom. The molecular formula is C17H19N7O2S. The van der Waals surface area contributed by atoms with Crippen molar-refractivity contribution < 1.29 is 8.42 Å². The molecular weight excluding hydrogens is 366 g/mol. The van der Waals surface area contributed by atoms with Crippen molar-refractivity contribution in [3.05, 3.63) is 24.7 Å². The van der Waals surface area contributed by atoms with E-state index in [4.69, 9.17) is 5.26 Å². The highest BCUT2D eigenvalue weighted by Crippen LogP contribution is 2.33. The standard InChI is InChI=1S/C17H19N7O2S/c1-11-2-3-13(23-27(25,26)7-5-18)10-24(11)17-15-12(9-21-22-17)8-20-16-14(15)4-6-19-16/h4,6,8-9,11,13,22-23H,2-3,7,10H2,1H3. The average molecular weight is 385 g/mol. The summed E-state index contributed by atoms with van der Waals surface area (Å²) in [5, 5.41) is 18.8. The molecule has 3 aromatic rings. The minimum Gasteiger partial charge on any atom is -0.352 e.